The second-order valence-corrected chi connectivity index (χ2v) is 7.04. The highest BCUT2D eigenvalue weighted by Gasteiger charge is 2.27. The Balaban J connectivity index is 1.45. The maximum Gasteiger partial charge on any atom is 0.283 e. The van der Waals surface area contributed by atoms with Crippen LogP contribution in [0.25, 0.3) is 0 Å². The van der Waals surface area contributed by atoms with Crippen LogP contribution in [0.15, 0.2) is 51.4 Å². The molecule has 0 bridgehead atoms. The van der Waals surface area contributed by atoms with E-state index in [4.69, 9.17) is 14.2 Å². The van der Waals surface area contributed by atoms with Crippen molar-refractivity contribution in [3.05, 3.63) is 51.4 Å². The second kappa shape index (κ2) is 8.41. The van der Waals surface area contributed by atoms with Gasteiger partial charge in [-0.2, -0.15) is 0 Å². The first-order valence-corrected chi connectivity index (χ1v) is 9.16. The number of hydrogen-bond donors (Lipinski definition) is 2. The molecule has 2 aromatic carbocycles. The van der Waals surface area contributed by atoms with Crippen molar-refractivity contribution in [3.8, 4) is 17.2 Å². The molecule has 1 heterocycles. The molecule has 26 heavy (non-hydrogen) atoms. The Labute approximate surface area is 166 Å². The molecule has 7 nitrogen and oxygen atoms in total. The average molecular weight is 486 g/mol. The summed E-state index contributed by atoms with van der Waals surface area (Å²) in [7, 11) is 0. The van der Waals surface area contributed by atoms with Crippen LogP contribution in [-0.4, -0.2) is 31.1 Å². The summed E-state index contributed by atoms with van der Waals surface area (Å²) in [5.41, 5.74) is 4.58. The number of nitrogens with one attached hydrogen (secondary N) is 2. The number of hydrazine groups is 1. The molecule has 9 heteroatoms. The van der Waals surface area contributed by atoms with Crippen LogP contribution in [0.1, 0.15) is 0 Å². The van der Waals surface area contributed by atoms with Crippen molar-refractivity contribution >= 4 is 43.7 Å². The number of carbonyl (C=O) groups excluding carboxylic acids is 2. The van der Waals surface area contributed by atoms with Crippen LogP contribution in [0, 0.1) is 0 Å². The third-order valence-electron chi connectivity index (χ3n) is 3.38. The minimum atomic E-state index is -0.855. The SMILES string of the molecule is O=C(COc1ccc(Br)cc1Br)NNC(=O)[C@@H]1COc2ccccc2O1. The molecule has 0 spiro atoms. The fraction of sp³-hybridized carbons (Fsp3) is 0.176. The smallest absolute Gasteiger partial charge is 0.283 e. The molecule has 3 rings (SSSR count). The van der Waals surface area contributed by atoms with Gasteiger partial charge in [0.15, 0.2) is 18.1 Å². The Morgan fingerprint density at radius 2 is 1.88 bits per heavy atom. The van der Waals surface area contributed by atoms with E-state index < -0.39 is 17.9 Å². The maximum absolute atomic E-state index is 12.1. The van der Waals surface area contributed by atoms with E-state index in [-0.39, 0.29) is 13.2 Å². The van der Waals surface area contributed by atoms with Gasteiger partial charge in [-0.25, -0.2) is 0 Å². The van der Waals surface area contributed by atoms with Crippen molar-refractivity contribution in [1.82, 2.24) is 10.9 Å². The van der Waals surface area contributed by atoms with E-state index in [0.29, 0.717) is 21.7 Å². The first-order valence-electron chi connectivity index (χ1n) is 7.58. The van der Waals surface area contributed by atoms with Crippen molar-refractivity contribution < 1.29 is 23.8 Å². The number of ether oxygens (including phenoxy) is 3. The first-order chi connectivity index (χ1) is 12.5. The summed E-state index contributed by atoms with van der Waals surface area (Å²) in [6.07, 6.45) is -0.855. The number of carbonyl (C=O) groups is 2. The Bertz CT molecular complexity index is 831. The first kappa shape index (κ1) is 18.5. The Morgan fingerprint density at radius 3 is 2.65 bits per heavy atom. The highest BCUT2D eigenvalue weighted by Crippen LogP contribution is 2.31. The molecule has 0 fully saturated rings. The Hall–Kier alpha value is -2.26. The summed E-state index contributed by atoms with van der Waals surface area (Å²) in [4.78, 5) is 23.9. The van der Waals surface area contributed by atoms with Crippen molar-refractivity contribution in [2.45, 2.75) is 6.10 Å². The molecular formula is C17H14Br2N2O5. The predicted octanol–water partition coefficient (Wildman–Crippen LogP) is 2.58. The standard InChI is InChI=1S/C17H14Br2N2O5/c18-10-5-6-12(11(19)7-10)25-9-16(22)20-21-17(23)15-8-24-13-3-1-2-4-14(13)26-15/h1-7,15H,8-9H2,(H,20,22)(H,21,23)/t15-/m0/s1. The van der Waals surface area contributed by atoms with Crippen molar-refractivity contribution in [1.29, 1.82) is 0 Å². The third kappa shape index (κ3) is 4.67. The highest BCUT2D eigenvalue weighted by atomic mass is 79.9. The van der Waals surface area contributed by atoms with Gasteiger partial charge >= 0.3 is 0 Å². The Morgan fingerprint density at radius 1 is 1.12 bits per heavy atom. The number of amides is 2. The van der Waals surface area contributed by atoms with Crippen LogP contribution < -0.4 is 25.1 Å². The quantitative estimate of drug-likeness (QED) is 0.650. The van der Waals surface area contributed by atoms with E-state index in [1.165, 1.54) is 0 Å². The monoisotopic (exact) mass is 484 g/mol. The lowest BCUT2D eigenvalue weighted by Crippen LogP contribution is -2.51. The topological polar surface area (TPSA) is 85.9 Å². The molecule has 1 aliphatic heterocycles. The van der Waals surface area contributed by atoms with Gasteiger partial charge in [-0.1, -0.05) is 28.1 Å². The molecule has 2 amide bonds. The van der Waals surface area contributed by atoms with Crippen LogP contribution >= 0.6 is 31.9 Å². The summed E-state index contributed by atoms with van der Waals surface area (Å²) in [5.74, 6) is 0.543. The molecule has 0 aromatic heterocycles. The minimum Gasteiger partial charge on any atom is -0.485 e. The van der Waals surface area contributed by atoms with Crippen LogP contribution in [0.4, 0.5) is 0 Å². The highest BCUT2D eigenvalue weighted by molar-refractivity contribution is 9.11. The summed E-state index contributed by atoms with van der Waals surface area (Å²) in [6, 6.07) is 12.4. The molecule has 0 saturated carbocycles. The number of benzene rings is 2. The normalized spacial score (nSPS) is 15.1. The van der Waals surface area contributed by atoms with Gasteiger partial charge in [0.05, 0.1) is 4.47 Å². The molecule has 1 atom stereocenters. The molecule has 1 aliphatic rings. The van der Waals surface area contributed by atoms with Gasteiger partial charge < -0.3 is 14.2 Å². The van der Waals surface area contributed by atoms with Gasteiger partial charge in [0.25, 0.3) is 11.8 Å². The van der Waals surface area contributed by atoms with Crippen molar-refractivity contribution in [3.63, 3.8) is 0 Å². The summed E-state index contributed by atoms with van der Waals surface area (Å²) in [6.45, 7) is -0.202. The van der Waals surface area contributed by atoms with Crippen molar-refractivity contribution in [2.24, 2.45) is 0 Å². The third-order valence-corrected chi connectivity index (χ3v) is 4.49. The second-order valence-electron chi connectivity index (χ2n) is 5.27. The average Bonchev–Trinajstić information content (AvgIpc) is 2.65. The minimum absolute atomic E-state index is 0.0566. The fourth-order valence-electron chi connectivity index (χ4n) is 2.13. The number of hydrogen-bond acceptors (Lipinski definition) is 5. The molecule has 136 valence electrons. The number of rotatable bonds is 4. The molecule has 2 aromatic rings. The van der Waals surface area contributed by atoms with Crippen LogP contribution in [0.2, 0.25) is 0 Å². The molecule has 0 unspecified atom stereocenters. The zero-order chi connectivity index (χ0) is 18.5. The number of halogens is 2. The fourth-order valence-corrected chi connectivity index (χ4v) is 3.29. The molecule has 0 radical (unpaired) electrons. The van der Waals surface area contributed by atoms with E-state index >= 15 is 0 Å². The van der Waals surface area contributed by atoms with E-state index in [9.17, 15) is 9.59 Å². The number of fused-ring (bicyclic) bond motifs is 1. The van der Waals surface area contributed by atoms with Crippen LogP contribution in [0.5, 0.6) is 17.2 Å². The predicted molar refractivity (Wildman–Crippen MR) is 100.0 cm³/mol. The van der Waals surface area contributed by atoms with Crippen LogP contribution in [-0.2, 0) is 9.59 Å². The lowest BCUT2D eigenvalue weighted by molar-refractivity contribution is -0.135. The summed E-state index contributed by atoms with van der Waals surface area (Å²) in [5, 5.41) is 0. The zero-order valence-corrected chi connectivity index (χ0v) is 16.5. The van der Waals surface area contributed by atoms with E-state index in [0.717, 1.165) is 4.47 Å². The van der Waals surface area contributed by atoms with Gasteiger partial charge in [0, 0.05) is 4.47 Å². The number of para-hydroxylation sites is 2. The van der Waals surface area contributed by atoms with Gasteiger partial charge in [0.1, 0.15) is 12.4 Å². The van der Waals surface area contributed by atoms with Gasteiger partial charge in [0.2, 0.25) is 6.10 Å². The summed E-state index contributed by atoms with van der Waals surface area (Å²) >= 11 is 6.67. The van der Waals surface area contributed by atoms with E-state index in [1.54, 1.807) is 36.4 Å². The van der Waals surface area contributed by atoms with Gasteiger partial charge in [-0.05, 0) is 46.3 Å². The van der Waals surface area contributed by atoms with E-state index in [1.807, 2.05) is 6.07 Å². The zero-order valence-electron chi connectivity index (χ0n) is 13.3. The van der Waals surface area contributed by atoms with Crippen LogP contribution in [0.3, 0.4) is 0 Å². The molecular weight excluding hydrogens is 472 g/mol. The lowest BCUT2D eigenvalue weighted by Gasteiger charge is -2.25. The molecule has 0 saturated heterocycles. The van der Waals surface area contributed by atoms with Gasteiger partial charge in [-0.3, -0.25) is 20.4 Å². The molecule has 2 N–H and O–H groups in total. The van der Waals surface area contributed by atoms with Crippen molar-refractivity contribution in [2.75, 3.05) is 13.2 Å². The lowest BCUT2D eigenvalue weighted by atomic mass is 10.2. The van der Waals surface area contributed by atoms with E-state index in [2.05, 4.69) is 42.7 Å². The Kier molecular flexibility index (Phi) is 6.00. The largest absolute Gasteiger partial charge is 0.485 e. The maximum atomic E-state index is 12.1. The van der Waals surface area contributed by atoms with Gasteiger partial charge in [-0.15, -0.1) is 0 Å². The summed E-state index contributed by atoms with van der Waals surface area (Å²) < 4.78 is 18.0. The molecule has 0 aliphatic carbocycles.